The lowest BCUT2D eigenvalue weighted by molar-refractivity contribution is -0.127. The minimum Gasteiger partial charge on any atom is -0.461 e. The van der Waals surface area contributed by atoms with Gasteiger partial charge in [0, 0.05) is 12.8 Å². The Morgan fingerprint density at radius 3 is 2.37 bits per heavy atom. The molecule has 2 unspecified atom stereocenters. The molecule has 2 rings (SSSR count). The summed E-state index contributed by atoms with van der Waals surface area (Å²) in [5.41, 5.74) is 5.90. The van der Waals surface area contributed by atoms with E-state index in [-0.39, 0.29) is 23.3 Å². The van der Waals surface area contributed by atoms with Crippen molar-refractivity contribution in [2.45, 2.75) is 59.4 Å². The molecule has 0 spiro atoms. The molecule has 162 valence electrons. The first-order valence-electron chi connectivity index (χ1n) is 10.2. The van der Waals surface area contributed by atoms with E-state index in [9.17, 15) is 13.6 Å². The molecule has 2 atom stereocenters. The maximum Gasteiger partial charge on any atom is 0.235 e. The van der Waals surface area contributed by atoms with Crippen molar-refractivity contribution in [3.8, 4) is 5.75 Å². The predicted octanol–water partition coefficient (Wildman–Crippen LogP) is 5.45. The molecular formula is C24H30F2N2O2. The Kier molecular flexibility index (Phi) is 7.71. The number of carbonyl (C=O) groups is 1. The average Bonchev–Trinajstić information content (AvgIpc) is 2.65. The first-order valence-corrected chi connectivity index (χ1v) is 10.2. The number of benzene rings is 2. The number of halogens is 2. The highest BCUT2D eigenvalue weighted by molar-refractivity contribution is 5.97. The first kappa shape index (κ1) is 23.5. The van der Waals surface area contributed by atoms with Gasteiger partial charge < -0.3 is 10.5 Å². The number of hydrogen-bond donors (Lipinski definition) is 1. The molecular weight excluding hydrogens is 386 g/mol. The lowest BCUT2D eigenvalue weighted by Crippen LogP contribution is -2.41. The molecule has 6 heteroatoms. The molecule has 0 saturated heterocycles. The number of Topliss-reactive ketones (excluding diaryl/α,β-unsaturated/α-hetero) is 1. The molecule has 0 amide bonds. The fraction of sp³-hybridized carbons (Fsp3) is 0.417. The number of aliphatic imine (C=N–C) groups is 1. The largest absolute Gasteiger partial charge is 0.461 e. The van der Waals surface area contributed by atoms with Gasteiger partial charge in [-0.25, -0.2) is 13.8 Å². The monoisotopic (exact) mass is 416 g/mol. The van der Waals surface area contributed by atoms with Gasteiger partial charge in [0.1, 0.15) is 11.6 Å². The highest BCUT2D eigenvalue weighted by atomic mass is 19.1. The zero-order chi connectivity index (χ0) is 22.5. The smallest absolute Gasteiger partial charge is 0.235 e. The molecule has 0 aliphatic heterocycles. The Labute approximate surface area is 177 Å². The third kappa shape index (κ3) is 5.04. The van der Waals surface area contributed by atoms with E-state index in [1.54, 1.807) is 44.2 Å². The van der Waals surface area contributed by atoms with E-state index in [2.05, 4.69) is 4.99 Å². The molecule has 0 fully saturated rings. The van der Waals surface area contributed by atoms with Crippen LogP contribution in [-0.4, -0.2) is 18.0 Å². The highest BCUT2D eigenvalue weighted by Crippen LogP contribution is 2.40. The maximum absolute atomic E-state index is 14.4. The Morgan fingerprint density at radius 2 is 1.83 bits per heavy atom. The summed E-state index contributed by atoms with van der Waals surface area (Å²) in [6.45, 7) is 8.47. The molecule has 2 N–H and O–H groups in total. The van der Waals surface area contributed by atoms with Crippen molar-refractivity contribution >= 4 is 11.6 Å². The van der Waals surface area contributed by atoms with Gasteiger partial charge in [-0.05, 0) is 67.6 Å². The van der Waals surface area contributed by atoms with E-state index in [1.165, 1.54) is 19.1 Å². The van der Waals surface area contributed by atoms with Crippen LogP contribution in [0.25, 0.3) is 0 Å². The number of amidine groups is 1. The summed E-state index contributed by atoms with van der Waals surface area (Å²) in [7, 11) is 0. The minimum atomic E-state index is -1.57. The van der Waals surface area contributed by atoms with Crippen LogP contribution in [0, 0.1) is 18.7 Å². The third-order valence-corrected chi connectivity index (χ3v) is 5.07. The molecule has 30 heavy (non-hydrogen) atoms. The summed E-state index contributed by atoms with van der Waals surface area (Å²) in [4.78, 5) is 18.5. The fourth-order valence-electron chi connectivity index (χ4n) is 3.78. The Balaban J connectivity index is 2.91. The quantitative estimate of drug-likeness (QED) is 0.436. The van der Waals surface area contributed by atoms with E-state index >= 15 is 0 Å². The number of hydrogen-bond acceptors (Lipinski definition) is 3. The Hall–Kier alpha value is -2.76. The number of nitrogens with zero attached hydrogens (tertiary/aromatic N) is 1. The number of rotatable bonds is 9. The molecule has 0 bridgehead atoms. The van der Waals surface area contributed by atoms with Crippen LogP contribution in [0.1, 0.15) is 57.2 Å². The van der Waals surface area contributed by atoms with Crippen LogP contribution < -0.4 is 10.5 Å². The normalized spacial score (nSPS) is 15.0. The zero-order valence-electron chi connectivity index (χ0n) is 18.2. The summed E-state index contributed by atoms with van der Waals surface area (Å²) in [6.07, 6.45) is -0.328. The Morgan fingerprint density at radius 1 is 1.17 bits per heavy atom. The number of ketones is 1. The number of ether oxygens (including phenoxy) is 1. The zero-order valence-corrected chi connectivity index (χ0v) is 18.2. The molecule has 0 radical (unpaired) electrons. The minimum absolute atomic E-state index is 0.182. The lowest BCUT2D eigenvalue weighted by atomic mass is 9.73. The molecule has 2 aromatic rings. The second-order valence-electron chi connectivity index (χ2n) is 7.55. The van der Waals surface area contributed by atoms with Crippen LogP contribution in [0.4, 0.5) is 8.78 Å². The lowest BCUT2D eigenvalue weighted by Gasteiger charge is -2.33. The van der Waals surface area contributed by atoms with Crippen LogP contribution in [0.5, 0.6) is 5.75 Å². The summed E-state index contributed by atoms with van der Waals surface area (Å²) < 4.78 is 33.1. The highest BCUT2D eigenvalue weighted by Gasteiger charge is 2.45. The molecule has 0 aliphatic rings. The van der Waals surface area contributed by atoms with E-state index in [0.717, 1.165) is 0 Å². The van der Waals surface area contributed by atoms with E-state index in [1.807, 2.05) is 13.8 Å². The molecule has 0 saturated carbocycles. The second kappa shape index (κ2) is 9.83. The van der Waals surface area contributed by atoms with E-state index in [0.29, 0.717) is 29.5 Å². The van der Waals surface area contributed by atoms with Crippen molar-refractivity contribution in [1.29, 1.82) is 0 Å². The summed E-state index contributed by atoms with van der Waals surface area (Å²) >= 11 is 0. The molecule has 0 aliphatic carbocycles. The van der Waals surface area contributed by atoms with Crippen molar-refractivity contribution in [2.24, 2.45) is 16.6 Å². The first-order chi connectivity index (χ1) is 14.1. The van der Waals surface area contributed by atoms with E-state index < -0.39 is 17.7 Å². The van der Waals surface area contributed by atoms with Gasteiger partial charge in [-0.3, -0.25) is 4.79 Å². The standard InChI is InChI=1S/C24H30F2N2O2/c1-6-18(7-2)23(29)24(28-17(5)27,20-11-15(3)12-21(26)13-20)19-9-8-10-22(14-19)30-16(4)25/h8-14,16,18H,6-7H2,1-5H3,(H2,27,28). The van der Waals surface area contributed by atoms with Gasteiger partial charge in [-0.15, -0.1) is 0 Å². The number of carbonyl (C=O) groups excluding carboxylic acids is 1. The fourth-order valence-corrected chi connectivity index (χ4v) is 3.78. The average molecular weight is 417 g/mol. The van der Waals surface area contributed by atoms with Crippen LogP contribution in [0.3, 0.4) is 0 Å². The van der Waals surface area contributed by atoms with Crippen LogP contribution in [0.15, 0.2) is 47.5 Å². The second-order valence-corrected chi connectivity index (χ2v) is 7.55. The summed E-state index contributed by atoms with van der Waals surface area (Å²) in [6, 6.07) is 11.0. The van der Waals surface area contributed by atoms with Crippen molar-refractivity contribution in [3.05, 3.63) is 65.0 Å². The van der Waals surface area contributed by atoms with Crippen LogP contribution in [0.2, 0.25) is 0 Å². The van der Waals surface area contributed by atoms with Crippen molar-refractivity contribution in [3.63, 3.8) is 0 Å². The van der Waals surface area contributed by atoms with Gasteiger partial charge in [0.15, 0.2) is 11.3 Å². The maximum atomic E-state index is 14.4. The SMILES string of the molecule is CCC(CC)C(=O)C(N=C(C)N)(c1cc(C)cc(F)c1)c1cccc(OC(C)F)c1. The van der Waals surface area contributed by atoms with Gasteiger partial charge in [-0.1, -0.05) is 32.0 Å². The van der Waals surface area contributed by atoms with Gasteiger partial charge in [0.05, 0.1) is 5.84 Å². The van der Waals surface area contributed by atoms with Gasteiger partial charge in [0.2, 0.25) is 6.36 Å². The predicted molar refractivity (Wildman–Crippen MR) is 116 cm³/mol. The van der Waals surface area contributed by atoms with Crippen molar-refractivity contribution in [1.82, 2.24) is 0 Å². The topological polar surface area (TPSA) is 64.7 Å². The summed E-state index contributed by atoms with van der Waals surface area (Å²) in [5, 5.41) is 0. The van der Waals surface area contributed by atoms with Crippen LogP contribution in [-0.2, 0) is 10.3 Å². The third-order valence-electron chi connectivity index (χ3n) is 5.07. The number of aryl methyl sites for hydroxylation is 1. The van der Waals surface area contributed by atoms with Gasteiger partial charge in [-0.2, -0.15) is 0 Å². The van der Waals surface area contributed by atoms with Crippen molar-refractivity contribution in [2.75, 3.05) is 0 Å². The Bertz CT molecular complexity index is 899. The van der Waals surface area contributed by atoms with Gasteiger partial charge in [0.25, 0.3) is 0 Å². The van der Waals surface area contributed by atoms with E-state index in [4.69, 9.17) is 10.5 Å². The number of nitrogens with two attached hydrogens (primary N) is 1. The molecule has 0 heterocycles. The molecule has 0 aromatic heterocycles. The number of alkyl halides is 1. The van der Waals surface area contributed by atoms with Crippen molar-refractivity contribution < 1.29 is 18.3 Å². The molecule has 2 aromatic carbocycles. The molecule has 4 nitrogen and oxygen atoms in total. The van der Waals surface area contributed by atoms with Gasteiger partial charge >= 0.3 is 0 Å². The van der Waals surface area contributed by atoms with Crippen LogP contribution >= 0.6 is 0 Å². The summed E-state index contributed by atoms with van der Waals surface area (Å²) in [5.74, 6) is -0.543.